The molecule has 0 aliphatic carbocycles. The van der Waals surface area contributed by atoms with Gasteiger partial charge in [0.25, 0.3) is 0 Å². The Morgan fingerprint density at radius 1 is 1.21 bits per heavy atom. The number of nitrogens with one attached hydrogen (secondary N) is 3. The van der Waals surface area contributed by atoms with Gasteiger partial charge in [-0.05, 0) is 38.5 Å². The van der Waals surface area contributed by atoms with Crippen molar-refractivity contribution in [3.05, 3.63) is 34.9 Å². The van der Waals surface area contributed by atoms with Gasteiger partial charge in [-0.1, -0.05) is 23.7 Å². The summed E-state index contributed by atoms with van der Waals surface area (Å²) >= 11 is 5.95. The molecular formula is C16H26ClIN4O2. The number of benzene rings is 1. The standard InChI is InChI=1S/C16H25ClN4O2.HI/c1-16(2,3)23-15(22)20-9-8-19-14(18-4)21-11-12-6-5-7-13(17)10-12;/h5-7,10H,8-9,11H2,1-4H3,(H,20,22)(H2,18,19,21);1H. The van der Waals surface area contributed by atoms with Gasteiger partial charge in [0.15, 0.2) is 5.96 Å². The predicted octanol–water partition coefficient (Wildman–Crippen LogP) is 3.15. The molecule has 0 bridgehead atoms. The highest BCUT2D eigenvalue weighted by molar-refractivity contribution is 14.0. The number of nitrogens with zero attached hydrogens (tertiary/aromatic N) is 1. The first-order valence-corrected chi connectivity index (χ1v) is 7.84. The Balaban J connectivity index is 0.00000529. The molecule has 6 nitrogen and oxygen atoms in total. The van der Waals surface area contributed by atoms with E-state index in [9.17, 15) is 4.79 Å². The number of alkyl carbamates (subject to hydrolysis) is 1. The lowest BCUT2D eigenvalue weighted by Gasteiger charge is -2.19. The molecular weight excluding hydrogens is 443 g/mol. The van der Waals surface area contributed by atoms with Crippen molar-refractivity contribution in [2.75, 3.05) is 20.1 Å². The van der Waals surface area contributed by atoms with E-state index in [-0.39, 0.29) is 24.0 Å². The van der Waals surface area contributed by atoms with Crippen LogP contribution in [0.4, 0.5) is 4.79 Å². The molecule has 0 saturated carbocycles. The van der Waals surface area contributed by atoms with E-state index in [0.717, 1.165) is 5.56 Å². The van der Waals surface area contributed by atoms with Crippen LogP contribution in [0.15, 0.2) is 29.3 Å². The molecule has 0 aliphatic heterocycles. The quantitative estimate of drug-likeness (QED) is 0.269. The summed E-state index contributed by atoms with van der Waals surface area (Å²) in [5.41, 5.74) is 0.568. The van der Waals surface area contributed by atoms with E-state index in [1.807, 2.05) is 45.0 Å². The number of guanidine groups is 1. The van der Waals surface area contributed by atoms with Gasteiger partial charge < -0.3 is 20.7 Å². The largest absolute Gasteiger partial charge is 0.444 e. The normalized spacial score (nSPS) is 11.3. The number of hydrogen-bond acceptors (Lipinski definition) is 3. The van der Waals surface area contributed by atoms with Gasteiger partial charge in [0.1, 0.15) is 5.60 Å². The minimum Gasteiger partial charge on any atom is -0.444 e. The molecule has 1 rings (SSSR count). The fraction of sp³-hybridized carbons (Fsp3) is 0.500. The van der Waals surface area contributed by atoms with Gasteiger partial charge >= 0.3 is 6.09 Å². The Morgan fingerprint density at radius 2 is 1.88 bits per heavy atom. The van der Waals surface area contributed by atoms with Crippen LogP contribution >= 0.6 is 35.6 Å². The van der Waals surface area contributed by atoms with E-state index in [1.165, 1.54) is 0 Å². The van der Waals surface area contributed by atoms with Crippen LogP contribution in [-0.4, -0.2) is 37.8 Å². The van der Waals surface area contributed by atoms with E-state index in [1.54, 1.807) is 7.05 Å². The number of rotatable bonds is 5. The summed E-state index contributed by atoms with van der Waals surface area (Å²) < 4.78 is 5.15. The molecule has 0 spiro atoms. The topological polar surface area (TPSA) is 74.8 Å². The molecule has 0 aliphatic rings. The maximum atomic E-state index is 11.5. The summed E-state index contributed by atoms with van der Waals surface area (Å²) in [6, 6.07) is 7.61. The van der Waals surface area contributed by atoms with Crippen LogP contribution in [0.25, 0.3) is 0 Å². The number of amides is 1. The van der Waals surface area contributed by atoms with Gasteiger partial charge in [0.2, 0.25) is 0 Å². The molecule has 0 fully saturated rings. The summed E-state index contributed by atoms with van der Waals surface area (Å²) in [6.45, 7) is 7.06. The van der Waals surface area contributed by atoms with Gasteiger partial charge in [-0.3, -0.25) is 4.99 Å². The molecule has 0 saturated heterocycles. The molecule has 0 heterocycles. The van der Waals surface area contributed by atoms with Crippen LogP contribution in [-0.2, 0) is 11.3 Å². The van der Waals surface area contributed by atoms with Crippen molar-refractivity contribution in [2.24, 2.45) is 4.99 Å². The lowest BCUT2D eigenvalue weighted by Crippen LogP contribution is -2.42. The smallest absolute Gasteiger partial charge is 0.407 e. The van der Waals surface area contributed by atoms with Gasteiger partial charge in [-0.15, -0.1) is 24.0 Å². The second kappa shape index (κ2) is 11.4. The first kappa shape index (κ1) is 22.8. The van der Waals surface area contributed by atoms with Crippen molar-refractivity contribution >= 4 is 47.6 Å². The molecule has 8 heteroatoms. The van der Waals surface area contributed by atoms with Crippen molar-refractivity contribution in [3.8, 4) is 0 Å². The molecule has 136 valence electrons. The molecule has 1 aromatic rings. The fourth-order valence-electron chi connectivity index (χ4n) is 1.71. The lowest BCUT2D eigenvalue weighted by atomic mass is 10.2. The lowest BCUT2D eigenvalue weighted by molar-refractivity contribution is 0.0529. The van der Waals surface area contributed by atoms with Gasteiger partial charge in [0, 0.05) is 31.7 Å². The molecule has 0 atom stereocenters. The van der Waals surface area contributed by atoms with Crippen molar-refractivity contribution in [3.63, 3.8) is 0 Å². The number of halogens is 2. The fourth-order valence-corrected chi connectivity index (χ4v) is 1.93. The Labute approximate surface area is 165 Å². The molecule has 0 aromatic heterocycles. The first-order chi connectivity index (χ1) is 10.8. The highest BCUT2D eigenvalue weighted by Gasteiger charge is 2.15. The number of carbonyl (C=O) groups is 1. The summed E-state index contributed by atoms with van der Waals surface area (Å²) in [5, 5.41) is 9.66. The number of carbonyl (C=O) groups excluding carboxylic acids is 1. The van der Waals surface area contributed by atoms with Crippen molar-refractivity contribution < 1.29 is 9.53 Å². The zero-order valence-electron chi connectivity index (χ0n) is 14.5. The molecule has 1 aromatic carbocycles. The zero-order chi connectivity index (χ0) is 17.3. The van der Waals surface area contributed by atoms with E-state index >= 15 is 0 Å². The minimum absolute atomic E-state index is 0. The summed E-state index contributed by atoms with van der Waals surface area (Å²) in [6.07, 6.45) is -0.429. The molecule has 3 N–H and O–H groups in total. The Bertz CT molecular complexity index is 547. The highest BCUT2D eigenvalue weighted by Crippen LogP contribution is 2.10. The van der Waals surface area contributed by atoms with Crippen LogP contribution in [0.5, 0.6) is 0 Å². The number of ether oxygens (including phenoxy) is 1. The second-order valence-corrected chi connectivity index (χ2v) is 6.35. The van der Waals surface area contributed by atoms with Crippen LogP contribution in [0.1, 0.15) is 26.3 Å². The van der Waals surface area contributed by atoms with Crippen molar-refractivity contribution in [2.45, 2.75) is 32.9 Å². The molecule has 1 amide bonds. The van der Waals surface area contributed by atoms with E-state index in [2.05, 4.69) is 20.9 Å². The van der Waals surface area contributed by atoms with E-state index in [4.69, 9.17) is 16.3 Å². The van der Waals surface area contributed by atoms with Crippen LogP contribution in [0.2, 0.25) is 5.02 Å². The average Bonchev–Trinajstić information content (AvgIpc) is 2.44. The maximum Gasteiger partial charge on any atom is 0.407 e. The first-order valence-electron chi connectivity index (χ1n) is 7.46. The Hall–Kier alpha value is -1.22. The highest BCUT2D eigenvalue weighted by atomic mass is 127. The third kappa shape index (κ3) is 10.5. The van der Waals surface area contributed by atoms with Gasteiger partial charge in [-0.25, -0.2) is 4.79 Å². The van der Waals surface area contributed by atoms with Crippen molar-refractivity contribution in [1.82, 2.24) is 16.0 Å². The second-order valence-electron chi connectivity index (χ2n) is 5.91. The van der Waals surface area contributed by atoms with Crippen LogP contribution in [0, 0.1) is 0 Å². The van der Waals surface area contributed by atoms with E-state index in [0.29, 0.717) is 30.6 Å². The summed E-state index contributed by atoms with van der Waals surface area (Å²) in [7, 11) is 1.69. The van der Waals surface area contributed by atoms with E-state index < -0.39 is 11.7 Å². The van der Waals surface area contributed by atoms with Gasteiger partial charge in [0.05, 0.1) is 0 Å². The summed E-state index contributed by atoms with van der Waals surface area (Å²) in [4.78, 5) is 15.6. The molecule has 0 radical (unpaired) electrons. The monoisotopic (exact) mass is 468 g/mol. The van der Waals surface area contributed by atoms with Crippen molar-refractivity contribution in [1.29, 1.82) is 0 Å². The molecule has 0 unspecified atom stereocenters. The third-order valence-electron chi connectivity index (χ3n) is 2.66. The van der Waals surface area contributed by atoms with Crippen LogP contribution in [0.3, 0.4) is 0 Å². The van der Waals surface area contributed by atoms with Crippen LogP contribution < -0.4 is 16.0 Å². The minimum atomic E-state index is -0.494. The average molecular weight is 469 g/mol. The Kier molecular flexibility index (Phi) is 10.8. The molecule has 24 heavy (non-hydrogen) atoms. The van der Waals surface area contributed by atoms with Gasteiger partial charge in [-0.2, -0.15) is 0 Å². The number of aliphatic imine (C=N–C) groups is 1. The number of hydrogen-bond donors (Lipinski definition) is 3. The third-order valence-corrected chi connectivity index (χ3v) is 2.89. The maximum absolute atomic E-state index is 11.5. The Morgan fingerprint density at radius 3 is 2.46 bits per heavy atom. The predicted molar refractivity (Wildman–Crippen MR) is 109 cm³/mol. The summed E-state index contributed by atoms with van der Waals surface area (Å²) in [5.74, 6) is 0.649. The SMILES string of the molecule is CN=C(NCCNC(=O)OC(C)(C)C)NCc1cccc(Cl)c1.I. The zero-order valence-corrected chi connectivity index (χ0v) is 17.6.